The minimum atomic E-state index is 0.241. The zero-order chi connectivity index (χ0) is 11.6. The van der Waals surface area contributed by atoms with Gasteiger partial charge in [0.2, 0.25) is 0 Å². The fourth-order valence-electron chi connectivity index (χ4n) is 1.27. The molecule has 0 aliphatic rings. The second kappa shape index (κ2) is 4.71. The van der Waals surface area contributed by atoms with Gasteiger partial charge in [-0.15, -0.1) is 0 Å². The molecule has 0 aliphatic carbocycles. The standard InChI is InChI=1S/C12H20BrNO/c1-8(10-6-7-11(13)15-10)14-9(2)12(3,4)5/h6-9,14H,1-5H3. The Labute approximate surface area is 101 Å². The third-order valence-electron chi connectivity index (χ3n) is 2.82. The highest BCUT2D eigenvalue weighted by atomic mass is 79.9. The van der Waals surface area contributed by atoms with E-state index in [1.54, 1.807) is 0 Å². The van der Waals surface area contributed by atoms with Crippen LogP contribution in [0.1, 0.15) is 46.4 Å². The van der Waals surface area contributed by atoms with Gasteiger partial charge in [-0.05, 0) is 47.3 Å². The van der Waals surface area contributed by atoms with Crippen molar-refractivity contribution in [2.75, 3.05) is 0 Å². The van der Waals surface area contributed by atoms with Crippen molar-refractivity contribution in [1.82, 2.24) is 5.32 Å². The van der Waals surface area contributed by atoms with E-state index in [1.807, 2.05) is 12.1 Å². The Balaban J connectivity index is 2.60. The Morgan fingerprint density at radius 2 is 1.87 bits per heavy atom. The van der Waals surface area contributed by atoms with Crippen molar-refractivity contribution >= 4 is 15.9 Å². The molecule has 2 unspecified atom stereocenters. The van der Waals surface area contributed by atoms with Gasteiger partial charge in [0.05, 0.1) is 6.04 Å². The van der Waals surface area contributed by atoms with Crippen molar-refractivity contribution in [3.05, 3.63) is 22.6 Å². The summed E-state index contributed by atoms with van der Waals surface area (Å²) in [6, 6.07) is 4.61. The van der Waals surface area contributed by atoms with E-state index in [0.29, 0.717) is 6.04 Å². The van der Waals surface area contributed by atoms with E-state index in [2.05, 4.69) is 55.9 Å². The Morgan fingerprint density at radius 3 is 2.27 bits per heavy atom. The largest absolute Gasteiger partial charge is 0.453 e. The predicted octanol–water partition coefficient (Wildman–Crippen LogP) is 4.13. The fraction of sp³-hybridized carbons (Fsp3) is 0.667. The summed E-state index contributed by atoms with van der Waals surface area (Å²) in [6.45, 7) is 11.0. The molecule has 0 aliphatic heterocycles. The lowest BCUT2D eigenvalue weighted by Gasteiger charge is -2.30. The second-order valence-electron chi connectivity index (χ2n) is 5.12. The molecule has 86 valence electrons. The zero-order valence-corrected chi connectivity index (χ0v) is 11.7. The van der Waals surface area contributed by atoms with Gasteiger partial charge in [-0.3, -0.25) is 0 Å². The van der Waals surface area contributed by atoms with Crippen LogP contribution < -0.4 is 5.32 Å². The van der Waals surface area contributed by atoms with Crippen LogP contribution in [0.3, 0.4) is 0 Å². The van der Waals surface area contributed by atoms with E-state index in [4.69, 9.17) is 4.42 Å². The first-order chi connectivity index (χ1) is 6.80. The summed E-state index contributed by atoms with van der Waals surface area (Å²) in [5.41, 5.74) is 0.262. The van der Waals surface area contributed by atoms with Gasteiger partial charge in [0.25, 0.3) is 0 Å². The molecule has 0 amide bonds. The number of furan rings is 1. The Bertz CT molecular complexity index is 314. The third-order valence-corrected chi connectivity index (χ3v) is 3.25. The number of rotatable bonds is 3. The molecule has 2 nitrogen and oxygen atoms in total. The van der Waals surface area contributed by atoms with Gasteiger partial charge < -0.3 is 9.73 Å². The second-order valence-corrected chi connectivity index (χ2v) is 5.90. The quantitative estimate of drug-likeness (QED) is 0.896. The maximum Gasteiger partial charge on any atom is 0.169 e. The maximum atomic E-state index is 5.51. The molecule has 1 aromatic rings. The van der Waals surface area contributed by atoms with Crippen molar-refractivity contribution in [1.29, 1.82) is 0 Å². The Hall–Kier alpha value is -0.280. The van der Waals surface area contributed by atoms with E-state index in [1.165, 1.54) is 0 Å². The van der Waals surface area contributed by atoms with Crippen LogP contribution >= 0.6 is 15.9 Å². The molecule has 1 N–H and O–H groups in total. The summed E-state index contributed by atoms with van der Waals surface area (Å²) in [4.78, 5) is 0. The highest BCUT2D eigenvalue weighted by molar-refractivity contribution is 9.10. The van der Waals surface area contributed by atoms with Gasteiger partial charge in [0, 0.05) is 6.04 Å². The monoisotopic (exact) mass is 273 g/mol. The van der Waals surface area contributed by atoms with Crippen LogP contribution in [0, 0.1) is 5.41 Å². The number of nitrogens with one attached hydrogen (secondary N) is 1. The SMILES string of the molecule is CC(NC(C)C(C)(C)C)c1ccc(Br)o1. The van der Waals surface area contributed by atoms with Gasteiger partial charge in [-0.2, -0.15) is 0 Å². The summed E-state index contributed by atoms with van der Waals surface area (Å²) in [5, 5.41) is 3.53. The summed E-state index contributed by atoms with van der Waals surface area (Å²) >= 11 is 3.31. The molecular weight excluding hydrogens is 254 g/mol. The smallest absolute Gasteiger partial charge is 0.169 e. The lowest BCUT2D eigenvalue weighted by molar-refractivity contribution is 0.256. The average molecular weight is 274 g/mol. The van der Waals surface area contributed by atoms with Gasteiger partial charge in [0.1, 0.15) is 5.76 Å². The number of hydrogen-bond donors (Lipinski definition) is 1. The van der Waals surface area contributed by atoms with Gasteiger partial charge in [-0.25, -0.2) is 0 Å². The molecule has 0 bridgehead atoms. The van der Waals surface area contributed by atoms with Gasteiger partial charge in [0.15, 0.2) is 4.67 Å². The maximum absolute atomic E-state index is 5.51. The minimum Gasteiger partial charge on any atom is -0.453 e. The molecule has 1 aromatic heterocycles. The minimum absolute atomic E-state index is 0.241. The van der Waals surface area contributed by atoms with Crippen molar-refractivity contribution in [2.45, 2.75) is 46.7 Å². The van der Waals surface area contributed by atoms with Crippen molar-refractivity contribution in [3.63, 3.8) is 0 Å². The summed E-state index contributed by atoms with van der Waals surface area (Å²) in [5.74, 6) is 0.970. The van der Waals surface area contributed by atoms with Gasteiger partial charge >= 0.3 is 0 Å². The Kier molecular flexibility index (Phi) is 4.01. The Morgan fingerprint density at radius 1 is 1.27 bits per heavy atom. The number of halogens is 1. The topological polar surface area (TPSA) is 25.2 Å². The molecule has 3 heteroatoms. The van der Waals surface area contributed by atoms with Crippen molar-refractivity contribution in [2.24, 2.45) is 5.41 Å². The summed E-state index contributed by atoms with van der Waals surface area (Å²) in [6.07, 6.45) is 0. The van der Waals surface area contributed by atoms with Crippen molar-refractivity contribution < 1.29 is 4.42 Å². The van der Waals surface area contributed by atoms with Crippen LogP contribution in [0.15, 0.2) is 21.2 Å². The normalized spacial score (nSPS) is 16.4. The first-order valence-corrected chi connectivity index (χ1v) is 6.11. The lowest BCUT2D eigenvalue weighted by atomic mass is 9.87. The lowest BCUT2D eigenvalue weighted by Crippen LogP contribution is -2.38. The molecule has 0 fully saturated rings. The highest BCUT2D eigenvalue weighted by Gasteiger charge is 2.22. The van der Waals surface area contributed by atoms with E-state index in [-0.39, 0.29) is 11.5 Å². The first-order valence-electron chi connectivity index (χ1n) is 5.32. The molecule has 15 heavy (non-hydrogen) atoms. The van der Waals surface area contributed by atoms with Crippen LogP contribution in [-0.4, -0.2) is 6.04 Å². The average Bonchev–Trinajstić information content (AvgIpc) is 2.50. The first kappa shape index (κ1) is 12.8. The molecule has 1 heterocycles. The summed E-state index contributed by atoms with van der Waals surface area (Å²) < 4.78 is 6.30. The predicted molar refractivity (Wildman–Crippen MR) is 66.9 cm³/mol. The van der Waals surface area contributed by atoms with Gasteiger partial charge in [-0.1, -0.05) is 20.8 Å². The molecule has 1 rings (SSSR count). The fourth-order valence-corrected chi connectivity index (χ4v) is 1.59. The van der Waals surface area contributed by atoms with Crippen LogP contribution in [-0.2, 0) is 0 Å². The molecule has 0 aromatic carbocycles. The summed E-state index contributed by atoms with van der Waals surface area (Å²) in [7, 11) is 0. The molecule has 0 saturated carbocycles. The van der Waals surface area contributed by atoms with E-state index in [9.17, 15) is 0 Å². The highest BCUT2D eigenvalue weighted by Crippen LogP contribution is 2.24. The van der Waals surface area contributed by atoms with Crippen LogP contribution in [0.5, 0.6) is 0 Å². The van der Waals surface area contributed by atoms with Crippen LogP contribution in [0.25, 0.3) is 0 Å². The molecule has 2 atom stereocenters. The molecular formula is C12H20BrNO. The molecule has 0 spiro atoms. The van der Waals surface area contributed by atoms with E-state index >= 15 is 0 Å². The van der Waals surface area contributed by atoms with Crippen LogP contribution in [0.2, 0.25) is 0 Å². The zero-order valence-electron chi connectivity index (χ0n) is 10.1. The van der Waals surface area contributed by atoms with E-state index < -0.39 is 0 Å². The molecule has 0 saturated heterocycles. The van der Waals surface area contributed by atoms with Crippen molar-refractivity contribution in [3.8, 4) is 0 Å². The third kappa shape index (κ3) is 3.65. The molecule has 0 radical (unpaired) electrons. The van der Waals surface area contributed by atoms with Crippen LogP contribution in [0.4, 0.5) is 0 Å². The number of hydrogen-bond acceptors (Lipinski definition) is 2. The van der Waals surface area contributed by atoms with E-state index in [0.717, 1.165) is 10.4 Å².